The fourth-order valence-corrected chi connectivity index (χ4v) is 3.33. The van der Waals surface area contributed by atoms with Crippen molar-refractivity contribution in [3.8, 4) is 11.5 Å². The van der Waals surface area contributed by atoms with E-state index in [0.29, 0.717) is 36.7 Å². The first-order valence-corrected chi connectivity index (χ1v) is 8.84. The summed E-state index contributed by atoms with van der Waals surface area (Å²) < 4.78 is 10.7. The molecule has 1 heterocycles. The number of ether oxygens (including phenoxy) is 2. The molecule has 6 nitrogen and oxygen atoms in total. The number of anilines is 1. The van der Waals surface area contributed by atoms with Crippen molar-refractivity contribution in [1.29, 1.82) is 0 Å². The minimum Gasteiger partial charge on any atom is -0.493 e. The van der Waals surface area contributed by atoms with Gasteiger partial charge in [-0.15, -0.1) is 0 Å². The van der Waals surface area contributed by atoms with Crippen LogP contribution in [0.5, 0.6) is 11.5 Å². The van der Waals surface area contributed by atoms with Gasteiger partial charge in [0.2, 0.25) is 0 Å². The molecule has 2 amide bonds. The fraction of sp³-hybridized carbons (Fsp3) is 0.333. The molecule has 1 aliphatic heterocycles. The maximum Gasteiger partial charge on any atom is 0.313 e. The van der Waals surface area contributed by atoms with Gasteiger partial charge in [-0.1, -0.05) is 17.7 Å². The monoisotopic (exact) mass is 368 g/mol. The third-order valence-corrected chi connectivity index (χ3v) is 4.83. The summed E-state index contributed by atoms with van der Waals surface area (Å²) in [6.45, 7) is 4.75. The minimum absolute atomic E-state index is 0.370. The van der Waals surface area contributed by atoms with Crippen LogP contribution in [0.25, 0.3) is 0 Å². The molecule has 27 heavy (non-hydrogen) atoms. The van der Waals surface area contributed by atoms with E-state index in [-0.39, 0.29) is 0 Å². The molecular formula is C21H24N2O4. The Morgan fingerprint density at radius 1 is 1.00 bits per heavy atom. The summed E-state index contributed by atoms with van der Waals surface area (Å²) in [5, 5.41) is 2.72. The summed E-state index contributed by atoms with van der Waals surface area (Å²) in [5.41, 5.74) is 4.76. The van der Waals surface area contributed by atoms with E-state index in [1.54, 1.807) is 19.1 Å². The Morgan fingerprint density at radius 2 is 1.67 bits per heavy atom. The second kappa shape index (κ2) is 7.70. The van der Waals surface area contributed by atoms with Crippen LogP contribution in [-0.2, 0) is 22.6 Å². The summed E-state index contributed by atoms with van der Waals surface area (Å²) in [5.74, 6) is 0.134. The Kier molecular flexibility index (Phi) is 5.35. The number of benzene rings is 2. The summed E-state index contributed by atoms with van der Waals surface area (Å²) in [4.78, 5) is 26.6. The molecule has 0 bridgehead atoms. The van der Waals surface area contributed by atoms with Gasteiger partial charge in [0.25, 0.3) is 0 Å². The number of methoxy groups -OCH3 is 2. The maximum atomic E-state index is 12.6. The Balaban J connectivity index is 1.74. The first kappa shape index (κ1) is 18.8. The molecule has 0 unspecified atom stereocenters. The number of rotatable bonds is 3. The lowest BCUT2D eigenvalue weighted by atomic mass is 9.98. The number of fused-ring (bicyclic) bond motifs is 1. The van der Waals surface area contributed by atoms with Crippen molar-refractivity contribution in [3.05, 3.63) is 52.6 Å². The molecule has 6 heteroatoms. The van der Waals surface area contributed by atoms with Crippen LogP contribution in [0.1, 0.15) is 22.3 Å². The Labute approximate surface area is 159 Å². The van der Waals surface area contributed by atoms with Gasteiger partial charge in [0.15, 0.2) is 11.5 Å². The molecular weight excluding hydrogens is 344 g/mol. The Morgan fingerprint density at radius 3 is 2.30 bits per heavy atom. The van der Waals surface area contributed by atoms with E-state index in [9.17, 15) is 9.59 Å². The van der Waals surface area contributed by atoms with Gasteiger partial charge in [0, 0.05) is 18.8 Å². The molecule has 0 fully saturated rings. The number of amides is 2. The standard InChI is InChI=1S/C21H24N2O4/c1-13-5-6-17(14(2)9-13)22-20(24)21(25)23-8-7-15-10-18(26-3)19(27-4)11-16(15)12-23/h5-6,9-11H,7-8,12H2,1-4H3,(H,22,24). The quantitative estimate of drug-likeness (QED) is 0.846. The lowest BCUT2D eigenvalue weighted by Crippen LogP contribution is -2.42. The lowest BCUT2D eigenvalue weighted by Gasteiger charge is -2.29. The molecule has 0 aromatic heterocycles. The van der Waals surface area contributed by atoms with Crippen LogP contribution < -0.4 is 14.8 Å². The highest BCUT2D eigenvalue weighted by molar-refractivity contribution is 6.39. The molecule has 0 atom stereocenters. The van der Waals surface area contributed by atoms with Crippen molar-refractivity contribution in [2.45, 2.75) is 26.8 Å². The van der Waals surface area contributed by atoms with Crippen LogP contribution in [-0.4, -0.2) is 37.5 Å². The van der Waals surface area contributed by atoms with E-state index >= 15 is 0 Å². The van der Waals surface area contributed by atoms with Crippen molar-refractivity contribution in [2.24, 2.45) is 0 Å². The summed E-state index contributed by atoms with van der Waals surface area (Å²) in [6, 6.07) is 9.50. The van der Waals surface area contributed by atoms with Crippen molar-refractivity contribution in [1.82, 2.24) is 4.90 Å². The zero-order valence-corrected chi connectivity index (χ0v) is 16.1. The predicted molar refractivity (Wildman–Crippen MR) is 103 cm³/mol. The number of carbonyl (C=O) groups is 2. The molecule has 1 aliphatic rings. The largest absolute Gasteiger partial charge is 0.493 e. The average molecular weight is 368 g/mol. The first-order chi connectivity index (χ1) is 12.9. The zero-order valence-electron chi connectivity index (χ0n) is 16.1. The average Bonchev–Trinajstić information content (AvgIpc) is 2.67. The van der Waals surface area contributed by atoms with Gasteiger partial charge in [0.1, 0.15) is 0 Å². The second-order valence-electron chi connectivity index (χ2n) is 6.73. The highest BCUT2D eigenvalue weighted by Crippen LogP contribution is 2.33. The highest BCUT2D eigenvalue weighted by atomic mass is 16.5. The summed E-state index contributed by atoms with van der Waals surface area (Å²) >= 11 is 0. The molecule has 0 saturated heterocycles. The fourth-order valence-electron chi connectivity index (χ4n) is 3.33. The van der Waals surface area contributed by atoms with Crippen molar-refractivity contribution in [2.75, 3.05) is 26.1 Å². The van der Waals surface area contributed by atoms with Crippen LogP contribution in [0.3, 0.4) is 0 Å². The molecule has 2 aromatic carbocycles. The van der Waals surface area contributed by atoms with E-state index in [1.165, 1.54) is 0 Å². The molecule has 0 saturated carbocycles. The Bertz CT molecular complexity index is 892. The number of hydrogen-bond acceptors (Lipinski definition) is 4. The van der Waals surface area contributed by atoms with Crippen molar-refractivity contribution < 1.29 is 19.1 Å². The number of hydrogen-bond donors (Lipinski definition) is 1. The number of aryl methyl sites for hydroxylation is 2. The van der Waals surface area contributed by atoms with Crippen LogP contribution in [0.4, 0.5) is 5.69 Å². The molecule has 0 spiro atoms. The summed E-state index contributed by atoms with van der Waals surface area (Å²) in [6.07, 6.45) is 0.665. The zero-order chi connectivity index (χ0) is 19.6. The SMILES string of the molecule is COc1cc2c(cc1OC)CN(C(=O)C(=O)Nc1ccc(C)cc1C)CC2. The third kappa shape index (κ3) is 3.89. The minimum atomic E-state index is -0.620. The molecule has 2 aromatic rings. The normalized spacial score (nSPS) is 13.0. The number of nitrogens with zero attached hydrogens (tertiary/aromatic N) is 1. The second-order valence-corrected chi connectivity index (χ2v) is 6.73. The van der Waals surface area contributed by atoms with Crippen LogP contribution in [0, 0.1) is 13.8 Å². The molecule has 142 valence electrons. The molecule has 0 radical (unpaired) electrons. The lowest BCUT2D eigenvalue weighted by molar-refractivity contribution is -0.143. The van der Waals surface area contributed by atoms with E-state index in [2.05, 4.69) is 5.32 Å². The van der Waals surface area contributed by atoms with Gasteiger partial charge in [0.05, 0.1) is 14.2 Å². The van der Waals surface area contributed by atoms with Crippen LogP contribution in [0.2, 0.25) is 0 Å². The topological polar surface area (TPSA) is 67.9 Å². The van der Waals surface area contributed by atoms with Gasteiger partial charge in [-0.3, -0.25) is 9.59 Å². The van der Waals surface area contributed by atoms with E-state index in [4.69, 9.17) is 9.47 Å². The van der Waals surface area contributed by atoms with Gasteiger partial charge in [-0.25, -0.2) is 0 Å². The van der Waals surface area contributed by atoms with Gasteiger partial charge >= 0.3 is 11.8 Å². The highest BCUT2D eigenvalue weighted by Gasteiger charge is 2.27. The van der Waals surface area contributed by atoms with Crippen LogP contribution in [0.15, 0.2) is 30.3 Å². The van der Waals surface area contributed by atoms with Gasteiger partial charge in [-0.05, 0) is 55.2 Å². The van der Waals surface area contributed by atoms with Crippen LogP contribution >= 0.6 is 0 Å². The molecule has 0 aliphatic carbocycles. The Hall–Kier alpha value is -3.02. The molecule has 3 rings (SSSR count). The van der Waals surface area contributed by atoms with E-state index in [0.717, 1.165) is 22.3 Å². The van der Waals surface area contributed by atoms with Gasteiger partial charge in [-0.2, -0.15) is 0 Å². The predicted octanol–water partition coefficient (Wildman–Crippen LogP) is 2.84. The van der Waals surface area contributed by atoms with Crippen molar-refractivity contribution in [3.63, 3.8) is 0 Å². The van der Waals surface area contributed by atoms with E-state index < -0.39 is 11.8 Å². The van der Waals surface area contributed by atoms with E-state index in [1.807, 2.05) is 44.2 Å². The van der Waals surface area contributed by atoms with Crippen molar-refractivity contribution >= 4 is 17.5 Å². The number of carbonyl (C=O) groups excluding carboxylic acids is 2. The first-order valence-electron chi connectivity index (χ1n) is 8.84. The molecule has 1 N–H and O–H groups in total. The van der Waals surface area contributed by atoms with Gasteiger partial charge < -0.3 is 19.7 Å². The smallest absolute Gasteiger partial charge is 0.313 e. The summed E-state index contributed by atoms with van der Waals surface area (Å²) in [7, 11) is 3.17. The number of nitrogens with one attached hydrogen (secondary N) is 1. The third-order valence-electron chi connectivity index (χ3n) is 4.83. The maximum absolute atomic E-state index is 12.6.